The molecule has 3 rings (SSSR count). The lowest BCUT2D eigenvalue weighted by Crippen LogP contribution is -2.38. The third kappa shape index (κ3) is 2.74. The van der Waals surface area contributed by atoms with Crippen molar-refractivity contribution in [3.63, 3.8) is 0 Å². The summed E-state index contributed by atoms with van der Waals surface area (Å²) >= 11 is 0. The van der Waals surface area contributed by atoms with Crippen LogP contribution in [0.4, 0.5) is 0 Å². The van der Waals surface area contributed by atoms with Gasteiger partial charge in [0.05, 0.1) is 0 Å². The van der Waals surface area contributed by atoms with Crippen LogP contribution in [0.1, 0.15) is 24.2 Å². The third-order valence-electron chi connectivity index (χ3n) is 4.38. The Morgan fingerprint density at radius 1 is 1.35 bits per heavy atom. The molecule has 1 N–H and O–H groups in total. The van der Waals surface area contributed by atoms with Crippen LogP contribution in [0.3, 0.4) is 0 Å². The lowest BCUT2D eigenvalue weighted by atomic mass is 9.97. The highest BCUT2D eigenvalue weighted by atomic mass is 16.3. The molecular formula is C17H24N2O. The smallest absolute Gasteiger partial charge is 0.134 e. The van der Waals surface area contributed by atoms with Crippen molar-refractivity contribution >= 4 is 11.0 Å². The Balaban J connectivity index is 1.77. The first-order valence-electron chi connectivity index (χ1n) is 7.62. The van der Waals surface area contributed by atoms with Gasteiger partial charge in [-0.1, -0.05) is 18.2 Å². The molecule has 0 radical (unpaired) electrons. The summed E-state index contributed by atoms with van der Waals surface area (Å²) in [6.07, 6.45) is 2.66. The van der Waals surface area contributed by atoms with E-state index in [1.165, 1.54) is 36.9 Å². The highest BCUT2D eigenvalue weighted by Crippen LogP contribution is 2.28. The van der Waals surface area contributed by atoms with Crippen LogP contribution < -0.4 is 5.32 Å². The number of hydrogen-bond acceptors (Lipinski definition) is 3. The molecule has 0 saturated carbocycles. The minimum Gasteiger partial charge on any atom is -0.461 e. The highest BCUT2D eigenvalue weighted by Gasteiger charge is 2.21. The Kier molecular flexibility index (Phi) is 4.08. The molecule has 1 aliphatic rings. The topological polar surface area (TPSA) is 28.4 Å². The molecule has 1 atom stereocenters. The van der Waals surface area contributed by atoms with E-state index in [1.807, 2.05) is 13.1 Å². The largest absolute Gasteiger partial charge is 0.461 e. The van der Waals surface area contributed by atoms with Crippen LogP contribution in [0.25, 0.3) is 11.0 Å². The van der Waals surface area contributed by atoms with E-state index in [1.54, 1.807) is 0 Å². The monoisotopic (exact) mass is 272 g/mol. The fourth-order valence-electron chi connectivity index (χ4n) is 3.39. The maximum absolute atomic E-state index is 5.88. The van der Waals surface area contributed by atoms with Crippen molar-refractivity contribution in [2.75, 3.05) is 26.7 Å². The van der Waals surface area contributed by atoms with Gasteiger partial charge in [-0.2, -0.15) is 0 Å². The number of rotatable bonds is 4. The van der Waals surface area contributed by atoms with Crippen LogP contribution in [0, 0.1) is 12.8 Å². The molecule has 2 aromatic rings. The first-order chi connectivity index (χ1) is 9.78. The quantitative estimate of drug-likeness (QED) is 0.926. The van der Waals surface area contributed by atoms with Crippen molar-refractivity contribution in [2.24, 2.45) is 5.92 Å². The van der Waals surface area contributed by atoms with E-state index in [9.17, 15) is 0 Å². The van der Waals surface area contributed by atoms with Crippen LogP contribution in [0.15, 0.2) is 28.7 Å². The molecule has 1 unspecified atom stereocenters. The molecule has 3 heteroatoms. The molecule has 1 saturated heterocycles. The van der Waals surface area contributed by atoms with Gasteiger partial charge in [0, 0.05) is 24.0 Å². The lowest BCUT2D eigenvalue weighted by molar-refractivity contribution is 0.166. The molecule has 0 amide bonds. The van der Waals surface area contributed by atoms with Gasteiger partial charge in [0.25, 0.3) is 0 Å². The number of fused-ring (bicyclic) bond motifs is 1. The molecule has 1 aromatic carbocycles. The number of nitrogens with zero attached hydrogens (tertiary/aromatic N) is 1. The zero-order chi connectivity index (χ0) is 13.9. The molecule has 2 heterocycles. The standard InChI is InChI=1S/C17H24N2O/c1-13-16(15-7-3-4-8-17(15)20-13)12-19-9-5-6-14(11-19)10-18-2/h3-4,7-8,14,18H,5-6,9-12H2,1-2H3. The molecule has 1 aromatic heterocycles. The second-order valence-corrected chi connectivity index (χ2v) is 5.93. The molecule has 0 bridgehead atoms. The number of likely N-dealkylation sites (tertiary alicyclic amines) is 1. The van der Waals surface area contributed by atoms with Gasteiger partial charge in [0.1, 0.15) is 11.3 Å². The normalized spacial score (nSPS) is 20.6. The van der Waals surface area contributed by atoms with Crippen LogP contribution in [0.2, 0.25) is 0 Å². The van der Waals surface area contributed by atoms with Crippen molar-refractivity contribution in [1.82, 2.24) is 10.2 Å². The minimum atomic E-state index is 0.784. The third-order valence-corrected chi connectivity index (χ3v) is 4.38. The summed E-state index contributed by atoms with van der Waals surface area (Å²) in [5, 5.41) is 4.59. The van der Waals surface area contributed by atoms with Gasteiger partial charge in [0.15, 0.2) is 0 Å². The zero-order valence-electron chi connectivity index (χ0n) is 12.5. The highest BCUT2D eigenvalue weighted by molar-refractivity contribution is 5.82. The van der Waals surface area contributed by atoms with Crippen molar-refractivity contribution in [3.05, 3.63) is 35.6 Å². The summed E-state index contributed by atoms with van der Waals surface area (Å²) in [5.41, 5.74) is 2.38. The predicted molar refractivity (Wildman–Crippen MR) is 82.9 cm³/mol. The minimum absolute atomic E-state index is 0.784. The van der Waals surface area contributed by atoms with Crippen LogP contribution in [-0.2, 0) is 6.54 Å². The molecule has 1 fully saturated rings. The molecule has 1 aliphatic heterocycles. The first-order valence-corrected chi connectivity index (χ1v) is 7.62. The van der Waals surface area contributed by atoms with Gasteiger partial charge >= 0.3 is 0 Å². The Bertz CT molecular complexity index is 573. The average molecular weight is 272 g/mol. The fraction of sp³-hybridized carbons (Fsp3) is 0.529. The lowest BCUT2D eigenvalue weighted by Gasteiger charge is -2.32. The van der Waals surface area contributed by atoms with E-state index < -0.39 is 0 Å². The summed E-state index contributed by atoms with van der Waals surface area (Å²) in [6.45, 7) is 6.63. The van der Waals surface area contributed by atoms with Crippen molar-refractivity contribution < 1.29 is 4.42 Å². The van der Waals surface area contributed by atoms with E-state index in [4.69, 9.17) is 4.42 Å². The van der Waals surface area contributed by atoms with Gasteiger partial charge < -0.3 is 9.73 Å². The first kappa shape index (κ1) is 13.7. The van der Waals surface area contributed by atoms with Crippen LogP contribution >= 0.6 is 0 Å². The predicted octanol–water partition coefficient (Wildman–Crippen LogP) is 3.17. The molecular weight excluding hydrogens is 248 g/mol. The average Bonchev–Trinajstić information content (AvgIpc) is 2.76. The second kappa shape index (κ2) is 5.98. The summed E-state index contributed by atoms with van der Waals surface area (Å²) in [5.74, 6) is 1.86. The second-order valence-electron chi connectivity index (χ2n) is 5.93. The Labute approximate surface area is 120 Å². The maximum Gasteiger partial charge on any atom is 0.134 e. The van der Waals surface area contributed by atoms with Gasteiger partial charge in [-0.15, -0.1) is 0 Å². The summed E-state index contributed by atoms with van der Waals surface area (Å²) in [4.78, 5) is 2.58. The van der Waals surface area contributed by atoms with Gasteiger partial charge in [-0.25, -0.2) is 0 Å². The van der Waals surface area contributed by atoms with E-state index in [0.29, 0.717) is 0 Å². The molecule has 3 nitrogen and oxygen atoms in total. The number of benzene rings is 1. The fourth-order valence-corrected chi connectivity index (χ4v) is 3.39. The number of hydrogen-bond donors (Lipinski definition) is 1. The SMILES string of the molecule is CNCC1CCCN(Cc2c(C)oc3ccccc23)C1. The summed E-state index contributed by atoms with van der Waals surface area (Å²) < 4.78 is 5.88. The maximum atomic E-state index is 5.88. The Hall–Kier alpha value is -1.32. The Morgan fingerprint density at radius 2 is 2.20 bits per heavy atom. The number of aryl methyl sites for hydroxylation is 1. The van der Waals surface area contributed by atoms with E-state index in [-0.39, 0.29) is 0 Å². The zero-order valence-corrected chi connectivity index (χ0v) is 12.5. The van der Waals surface area contributed by atoms with Crippen molar-refractivity contribution in [2.45, 2.75) is 26.3 Å². The number of piperidine rings is 1. The van der Waals surface area contributed by atoms with Gasteiger partial charge in [0.2, 0.25) is 0 Å². The molecule has 20 heavy (non-hydrogen) atoms. The summed E-state index contributed by atoms with van der Waals surface area (Å²) in [7, 11) is 2.05. The number of furan rings is 1. The van der Waals surface area contributed by atoms with Gasteiger partial charge in [-0.05, 0) is 51.9 Å². The van der Waals surface area contributed by atoms with Crippen LogP contribution in [0.5, 0.6) is 0 Å². The van der Waals surface area contributed by atoms with Gasteiger partial charge in [-0.3, -0.25) is 4.90 Å². The van der Waals surface area contributed by atoms with Crippen LogP contribution in [-0.4, -0.2) is 31.6 Å². The van der Waals surface area contributed by atoms with E-state index in [2.05, 4.69) is 35.3 Å². The van der Waals surface area contributed by atoms with E-state index >= 15 is 0 Å². The Morgan fingerprint density at radius 3 is 3.05 bits per heavy atom. The van der Waals surface area contributed by atoms with E-state index in [0.717, 1.165) is 30.4 Å². The number of para-hydroxylation sites is 1. The number of nitrogens with one attached hydrogen (secondary N) is 1. The summed E-state index contributed by atoms with van der Waals surface area (Å²) in [6, 6.07) is 8.38. The molecule has 0 spiro atoms. The van der Waals surface area contributed by atoms with Crippen molar-refractivity contribution in [1.29, 1.82) is 0 Å². The van der Waals surface area contributed by atoms with Crippen molar-refractivity contribution in [3.8, 4) is 0 Å². The molecule has 0 aliphatic carbocycles. The molecule has 108 valence electrons.